The van der Waals surface area contributed by atoms with Crippen LogP contribution in [0.3, 0.4) is 0 Å². The molecular formula is C41H48N10O4. The Morgan fingerprint density at radius 1 is 0.982 bits per heavy atom. The zero-order valence-electron chi connectivity index (χ0n) is 31.8. The summed E-state index contributed by atoms with van der Waals surface area (Å²) in [4.78, 5) is 69.2. The Labute approximate surface area is 318 Å². The van der Waals surface area contributed by atoms with Crippen molar-refractivity contribution in [3.63, 3.8) is 0 Å². The molecule has 5 aromatic rings. The number of aromatic nitrogens is 6. The number of nitrogens with one attached hydrogen (secondary N) is 2. The number of imidazole rings is 1. The minimum atomic E-state index is -0.692. The van der Waals surface area contributed by atoms with Crippen molar-refractivity contribution in [2.24, 2.45) is 18.4 Å². The van der Waals surface area contributed by atoms with Crippen LogP contribution in [-0.4, -0.2) is 78.5 Å². The van der Waals surface area contributed by atoms with E-state index in [-0.39, 0.29) is 30.0 Å². The first-order chi connectivity index (χ1) is 26.6. The smallest absolute Gasteiger partial charge is 0.329 e. The topological polar surface area (TPSA) is 152 Å². The van der Waals surface area contributed by atoms with Gasteiger partial charge in [0.1, 0.15) is 23.2 Å². The summed E-state index contributed by atoms with van der Waals surface area (Å²) in [6, 6.07) is 11.6. The third kappa shape index (κ3) is 6.24. The molecule has 2 aliphatic carbocycles. The first-order valence-electron chi connectivity index (χ1n) is 19.7. The molecule has 0 bridgehead atoms. The minimum absolute atomic E-state index is 0.0251. The molecule has 9 rings (SSSR count). The van der Waals surface area contributed by atoms with Crippen molar-refractivity contribution < 1.29 is 14.4 Å². The van der Waals surface area contributed by atoms with E-state index in [1.165, 1.54) is 18.4 Å². The number of hydrogen-bond acceptors (Lipinski definition) is 9. The van der Waals surface area contributed by atoms with Crippen LogP contribution in [0.1, 0.15) is 92.3 Å². The Kier molecular flexibility index (Phi) is 8.73. The minimum Gasteiger partial charge on any atom is -0.370 e. The number of hydrogen-bond donors (Lipinski definition) is 2. The van der Waals surface area contributed by atoms with Crippen molar-refractivity contribution in [2.75, 3.05) is 37.4 Å². The maximum Gasteiger partial charge on any atom is 0.329 e. The van der Waals surface area contributed by atoms with Crippen LogP contribution < -0.4 is 21.2 Å². The molecule has 1 atom stereocenters. The third-order valence-corrected chi connectivity index (χ3v) is 12.7. The number of rotatable bonds is 8. The summed E-state index contributed by atoms with van der Waals surface area (Å²) in [5.41, 5.74) is 5.35. The van der Waals surface area contributed by atoms with Gasteiger partial charge in [-0.25, -0.2) is 14.8 Å². The number of para-hydroxylation sites is 1. The van der Waals surface area contributed by atoms with Gasteiger partial charge in [0.25, 0.3) is 5.91 Å². The molecule has 2 saturated carbocycles. The fourth-order valence-corrected chi connectivity index (χ4v) is 9.90. The lowest BCUT2D eigenvalue weighted by atomic mass is 9.56. The normalized spacial score (nSPS) is 20.3. The monoisotopic (exact) mass is 744 g/mol. The number of fused-ring (bicyclic) bond motifs is 2. The van der Waals surface area contributed by atoms with Crippen LogP contribution in [0.2, 0.25) is 0 Å². The van der Waals surface area contributed by atoms with Crippen LogP contribution >= 0.6 is 0 Å². The number of imide groups is 1. The standard InChI is InChI=1S/C41H48N10O4/c1-47(2)38(54)32-20-27-24-43-39(46-36(27)50(32)28-7-4-5-8-28)44-33-13-11-25(23-42-33)19-26-21-41(22-26)15-17-49(18-16-41)29-9-6-10-30-35(29)48(3)40(55)51(30)31-12-14-34(52)45-37(31)53/h6,9-11,13,20,23-24,26,28,31H,4-5,7-8,12,14-19,21-22H2,1-3H3,(H,45,52,53)(H,42,43,44,46)/t31-/m0/s1. The Balaban J connectivity index is 0.827. The van der Waals surface area contributed by atoms with E-state index in [0.29, 0.717) is 35.2 Å². The number of carbonyl (C=O) groups excluding carboxylic acids is 3. The summed E-state index contributed by atoms with van der Waals surface area (Å²) >= 11 is 0. The molecule has 3 amide bonds. The maximum absolute atomic E-state index is 13.4. The van der Waals surface area contributed by atoms with Gasteiger partial charge in [-0.15, -0.1) is 0 Å². The number of anilines is 3. The van der Waals surface area contributed by atoms with Crippen molar-refractivity contribution in [1.29, 1.82) is 0 Å². The van der Waals surface area contributed by atoms with Crippen LogP contribution in [0.5, 0.6) is 0 Å². The van der Waals surface area contributed by atoms with Crippen LogP contribution in [-0.2, 0) is 23.1 Å². The second kappa shape index (κ2) is 13.6. The molecule has 4 aliphatic rings. The number of benzene rings is 1. The van der Waals surface area contributed by atoms with Crippen molar-refractivity contribution >= 4 is 57.2 Å². The number of carbonyl (C=O) groups is 3. The van der Waals surface area contributed by atoms with Gasteiger partial charge in [-0.05, 0) is 92.5 Å². The second-order valence-electron chi connectivity index (χ2n) is 16.5. The summed E-state index contributed by atoms with van der Waals surface area (Å²) < 4.78 is 5.34. The lowest BCUT2D eigenvalue weighted by Gasteiger charge is -2.53. The molecule has 1 aromatic carbocycles. The molecule has 6 heterocycles. The van der Waals surface area contributed by atoms with Crippen molar-refractivity contribution in [3.05, 3.63) is 70.5 Å². The largest absolute Gasteiger partial charge is 0.370 e. The van der Waals surface area contributed by atoms with Crippen LogP contribution in [0.15, 0.2) is 53.6 Å². The van der Waals surface area contributed by atoms with Crippen molar-refractivity contribution in [2.45, 2.75) is 82.7 Å². The molecule has 14 nitrogen and oxygen atoms in total. The molecule has 55 heavy (non-hydrogen) atoms. The highest BCUT2D eigenvalue weighted by atomic mass is 16.2. The van der Waals surface area contributed by atoms with Gasteiger partial charge in [0.2, 0.25) is 17.8 Å². The Morgan fingerprint density at radius 3 is 2.47 bits per heavy atom. The van der Waals surface area contributed by atoms with E-state index in [1.807, 2.05) is 30.5 Å². The molecule has 0 unspecified atom stereocenters. The third-order valence-electron chi connectivity index (χ3n) is 12.7. The summed E-state index contributed by atoms with van der Waals surface area (Å²) in [7, 11) is 5.33. The molecule has 4 aromatic heterocycles. The van der Waals surface area contributed by atoms with E-state index in [2.05, 4.69) is 37.2 Å². The van der Waals surface area contributed by atoms with Crippen LogP contribution in [0.4, 0.5) is 17.5 Å². The average Bonchev–Trinajstić information content (AvgIpc) is 3.89. The highest BCUT2D eigenvalue weighted by Crippen LogP contribution is 2.54. The quantitative estimate of drug-likeness (QED) is 0.203. The molecule has 286 valence electrons. The number of pyridine rings is 1. The molecule has 0 radical (unpaired) electrons. The second-order valence-corrected chi connectivity index (χ2v) is 16.5. The number of piperidine rings is 2. The fraction of sp³-hybridized carbons (Fsp3) is 0.488. The van der Waals surface area contributed by atoms with E-state index in [0.717, 1.165) is 85.8 Å². The van der Waals surface area contributed by atoms with E-state index >= 15 is 0 Å². The van der Waals surface area contributed by atoms with E-state index < -0.39 is 11.9 Å². The fourth-order valence-electron chi connectivity index (χ4n) is 9.90. The number of aryl methyl sites for hydroxylation is 1. The highest BCUT2D eigenvalue weighted by Gasteiger charge is 2.46. The van der Waals surface area contributed by atoms with Crippen LogP contribution in [0.25, 0.3) is 22.1 Å². The van der Waals surface area contributed by atoms with Crippen molar-refractivity contribution in [3.8, 4) is 0 Å². The summed E-state index contributed by atoms with van der Waals surface area (Å²) in [5.74, 6) is 1.03. The average molecular weight is 745 g/mol. The molecular weight excluding hydrogens is 697 g/mol. The molecule has 4 fully saturated rings. The van der Waals surface area contributed by atoms with Crippen molar-refractivity contribution in [1.82, 2.24) is 38.9 Å². The van der Waals surface area contributed by atoms with Gasteiger partial charge in [-0.3, -0.25) is 28.8 Å². The lowest BCUT2D eigenvalue weighted by molar-refractivity contribution is -0.135. The molecule has 1 spiro atoms. The Morgan fingerprint density at radius 2 is 1.76 bits per heavy atom. The first-order valence-corrected chi connectivity index (χ1v) is 19.7. The zero-order chi connectivity index (χ0) is 38.0. The molecule has 2 saturated heterocycles. The molecule has 14 heteroatoms. The summed E-state index contributed by atoms with van der Waals surface area (Å²) in [6.45, 7) is 1.83. The zero-order valence-corrected chi connectivity index (χ0v) is 31.8. The SMILES string of the molecule is CN(C)C(=O)c1cc2cnc(Nc3ccc(CC4CC5(CCN(c6cccc7c6n(C)c(=O)n7[C@H]6CCC(=O)NC6=O)CC5)C4)cn3)nc2n1C1CCCC1. The van der Waals surface area contributed by atoms with Gasteiger partial charge < -0.3 is 19.7 Å². The van der Waals surface area contributed by atoms with Gasteiger partial charge in [-0.1, -0.05) is 25.0 Å². The van der Waals surface area contributed by atoms with Gasteiger partial charge >= 0.3 is 5.69 Å². The predicted octanol–water partition coefficient (Wildman–Crippen LogP) is 5.26. The predicted molar refractivity (Wildman–Crippen MR) is 209 cm³/mol. The number of nitrogens with zero attached hydrogens (tertiary/aromatic N) is 8. The molecule has 2 N–H and O–H groups in total. The van der Waals surface area contributed by atoms with E-state index in [9.17, 15) is 19.2 Å². The van der Waals surface area contributed by atoms with E-state index in [1.54, 1.807) is 41.4 Å². The first kappa shape index (κ1) is 35.2. The van der Waals surface area contributed by atoms with Crippen LogP contribution in [0, 0.1) is 11.3 Å². The highest BCUT2D eigenvalue weighted by molar-refractivity contribution is 6.01. The van der Waals surface area contributed by atoms with Gasteiger partial charge in [0, 0.05) is 64.5 Å². The lowest BCUT2D eigenvalue weighted by Crippen LogP contribution is -2.47. The van der Waals surface area contributed by atoms with Gasteiger partial charge in [0.15, 0.2) is 0 Å². The Bertz CT molecular complexity index is 2370. The summed E-state index contributed by atoms with van der Waals surface area (Å²) in [6.07, 6.45) is 14.3. The summed E-state index contributed by atoms with van der Waals surface area (Å²) in [5, 5.41) is 6.55. The van der Waals surface area contributed by atoms with Gasteiger partial charge in [-0.2, -0.15) is 4.98 Å². The number of amides is 3. The molecule has 2 aliphatic heterocycles. The Hall–Kier alpha value is -5.53. The van der Waals surface area contributed by atoms with Gasteiger partial charge in [0.05, 0.1) is 16.7 Å². The van der Waals surface area contributed by atoms with E-state index in [4.69, 9.17) is 9.97 Å². The maximum atomic E-state index is 13.4.